The summed E-state index contributed by atoms with van der Waals surface area (Å²) in [7, 11) is 1.32. The number of methoxy groups -OCH3 is 1. The molecule has 0 bridgehead atoms. The minimum atomic E-state index is -2.89. The van der Waals surface area contributed by atoms with E-state index in [-0.39, 0.29) is 42.6 Å². The summed E-state index contributed by atoms with van der Waals surface area (Å²) in [6.45, 7) is 3.10. The molecule has 1 aromatic carbocycles. The highest BCUT2D eigenvalue weighted by Gasteiger charge is 2.54. The van der Waals surface area contributed by atoms with Gasteiger partial charge in [-0.05, 0) is 43.2 Å². The lowest BCUT2D eigenvalue weighted by Gasteiger charge is -2.48. The van der Waals surface area contributed by atoms with Gasteiger partial charge in [0.2, 0.25) is 5.91 Å². The van der Waals surface area contributed by atoms with Crippen molar-refractivity contribution in [3.8, 4) is 11.3 Å². The molecular formula is C30H39F5N4O6S. The van der Waals surface area contributed by atoms with E-state index in [0.29, 0.717) is 12.8 Å². The molecule has 3 N–H and O–H groups in total. The highest BCUT2D eigenvalue weighted by molar-refractivity contribution is 8.01. The number of aliphatic hydroxyl groups is 3. The number of piperidine rings is 1. The van der Waals surface area contributed by atoms with Crippen LogP contribution in [-0.2, 0) is 14.3 Å². The number of aromatic nitrogens is 3. The Hall–Kier alpha value is -2.37. The second kappa shape index (κ2) is 13.3. The number of thioether (sulfide) groups is 1. The smallest absolute Gasteiger partial charge is 0.251 e. The maximum atomic E-state index is 14.0. The largest absolute Gasteiger partial charge is 0.394 e. The third-order valence-electron chi connectivity index (χ3n) is 9.45. The highest BCUT2D eigenvalue weighted by atomic mass is 32.2. The molecular weight excluding hydrogens is 639 g/mol. The van der Waals surface area contributed by atoms with Gasteiger partial charge in [-0.2, -0.15) is 0 Å². The number of hydrogen-bond acceptors (Lipinski definition) is 9. The number of nitrogens with zero attached hydrogens (tertiary/aromatic N) is 4. The van der Waals surface area contributed by atoms with Crippen LogP contribution in [0.15, 0.2) is 18.3 Å². The van der Waals surface area contributed by atoms with Crippen LogP contribution in [-0.4, -0.2) is 108 Å². The lowest BCUT2D eigenvalue weighted by atomic mass is 9.69. The van der Waals surface area contributed by atoms with Crippen molar-refractivity contribution in [1.82, 2.24) is 19.9 Å². The summed E-state index contributed by atoms with van der Waals surface area (Å²) >= 11 is 0.933. The topological polar surface area (TPSA) is 130 Å². The van der Waals surface area contributed by atoms with E-state index in [2.05, 4.69) is 24.2 Å². The average Bonchev–Trinajstić information content (AvgIpc) is 3.50. The van der Waals surface area contributed by atoms with Gasteiger partial charge >= 0.3 is 0 Å². The fourth-order valence-electron chi connectivity index (χ4n) is 6.37. The molecule has 16 heteroatoms. The minimum absolute atomic E-state index is 0.0508. The predicted octanol–water partition coefficient (Wildman–Crippen LogP) is 3.69. The number of carbonyl (C=O) groups excluding carboxylic acids is 1. The molecule has 3 aliphatic rings. The van der Waals surface area contributed by atoms with Crippen molar-refractivity contribution < 1.29 is 51.5 Å². The van der Waals surface area contributed by atoms with Crippen LogP contribution in [0.2, 0.25) is 0 Å². The van der Waals surface area contributed by atoms with Crippen molar-refractivity contribution in [2.24, 2.45) is 5.41 Å². The van der Waals surface area contributed by atoms with E-state index in [4.69, 9.17) is 9.47 Å². The lowest BCUT2D eigenvalue weighted by Crippen LogP contribution is -2.59. The SMILES string of the molecule is CO[C@@H]1[C@@H](n2cc(-c3cc(F)c(F)c(F)c3)nn2)[C@@H](O)[C@@H](CO)O[C@H]1S[C@H](C(=O)N1CCC(F)(F)CC1)C1(O)CCC(C)(C)CC1. The number of carbonyl (C=O) groups is 1. The normalized spacial score (nSPS) is 29.8. The van der Waals surface area contributed by atoms with E-state index in [1.165, 1.54) is 22.9 Å². The van der Waals surface area contributed by atoms with Gasteiger partial charge in [0, 0.05) is 38.6 Å². The van der Waals surface area contributed by atoms with Gasteiger partial charge in [0.25, 0.3) is 5.92 Å². The van der Waals surface area contributed by atoms with Crippen LogP contribution in [0.3, 0.4) is 0 Å². The Morgan fingerprint density at radius 3 is 2.28 bits per heavy atom. The van der Waals surface area contributed by atoms with Gasteiger partial charge < -0.3 is 29.7 Å². The number of amides is 1. The van der Waals surface area contributed by atoms with E-state index in [9.17, 15) is 42.1 Å². The zero-order valence-corrected chi connectivity index (χ0v) is 26.5. The molecule has 1 aliphatic carbocycles. The molecule has 3 fully saturated rings. The van der Waals surface area contributed by atoms with Crippen molar-refractivity contribution in [3.63, 3.8) is 0 Å². The third-order valence-corrected chi connectivity index (χ3v) is 11.0. The Bertz CT molecular complexity index is 1370. The van der Waals surface area contributed by atoms with E-state index >= 15 is 0 Å². The fraction of sp³-hybridized carbons (Fsp3) is 0.700. The molecule has 1 amide bonds. The fourth-order valence-corrected chi connectivity index (χ4v) is 8.03. The average molecular weight is 679 g/mol. The Kier molecular flexibility index (Phi) is 10.1. The molecule has 6 atom stereocenters. The van der Waals surface area contributed by atoms with Crippen molar-refractivity contribution in [1.29, 1.82) is 0 Å². The Balaban J connectivity index is 1.47. The number of ether oxygens (including phenoxy) is 2. The molecule has 3 heterocycles. The summed E-state index contributed by atoms with van der Waals surface area (Å²) < 4.78 is 82.4. The van der Waals surface area contributed by atoms with Crippen molar-refractivity contribution >= 4 is 17.7 Å². The number of aliphatic hydroxyl groups excluding tert-OH is 2. The first-order valence-corrected chi connectivity index (χ1v) is 16.1. The first kappa shape index (κ1) is 35.0. The zero-order valence-electron chi connectivity index (χ0n) is 25.7. The molecule has 0 spiro atoms. The second-order valence-corrected chi connectivity index (χ2v) is 14.4. The zero-order chi connectivity index (χ0) is 33.6. The van der Waals surface area contributed by atoms with Gasteiger partial charge in [-0.1, -0.05) is 19.1 Å². The molecule has 2 aromatic rings. The number of hydrogen-bond donors (Lipinski definition) is 3. The van der Waals surface area contributed by atoms with Crippen molar-refractivity contribution in [3.05, 3.63) is 35.8 Å². The quantitative estimate of drug-likeness (QED) is 0.283. The first-order chi connectivity index (χ1) is 21.6. The molecule has 0 unspecified atom stereocenters. The lowest BCUT2D eigenvalue weighted by molar-refractivity contribution is -0.186. The van der Waals surface area contributed by atoms with Gasteiger partial charge in [-0.25, -0.2) is 26.6 Å². The van der Waals surface area contributed by atoms with Gasteiger partial charge in [-0.3, -0.25) is 4.79 Å². The van der Waals surface area contributed by atoms with Gasteiger partial charge in [-0.15, -0.1) is 16.9 Å². The maximum absolute atomic E-state index is 14.0. The van der Waals surface area contributed by atoms with Gasteiger partial charge in [0.1, 0.15) is 40.7 Å². The van der Waals surface area contributed by atoms with E-state index in [0.717, 1.165) is 23.9 Å². The van der Waals surface area contributed by atoms with E-state index in [1.54, 1.807) is 0 Å². The van der Waals surface area contributed by atoms with Crippen LogP contribution >= 0.6 is 11.8 Å². The van der Waals surface area contributed by atoms with Crippen LogP contribution in [0.4, 0.5) is 22.0 Å². The molecule has 10 nitrogen and oxygen atoms in total. The van der Waals surface area contributed by atoms with Crippen molar-refractivity contribution in [2.45, 2.75) is 98.9 Å². The first-order valence-electron chi connectivity index (χ1n) is 15.2. The molecule has 5 rings (SSSR count). The van der Waals surface area contributed by atoms with Gasteiger partial charge in [0.05, 0.1) is 18.4 Å². The molecule has 256 valence electrons. The second-order valence-electron chi connectivity index (χ2n) is 13.2. The van der Waals surface area contributed by atoms with Crippen LogP contribution < -0.4 is 0 Å². The van der Waals surface area contributed by atoms with Crippen LogP contribution in [0.25, 0.3) is 11.3 Å². The van der Waals surface area contributed by atoms with Crippen molar-refractivity contribution in [2.75, 3.05) is 26.8 Å². The number of rotatable bonds is 8. The summed E-state index contributed by atoms with van der Waals surface area (Å²) in [6, 6.07) is 0.374. The summed E-state index contributed by atoms with van der Waals surface area (Å²) in [6.07, 6.45) is -1.72. The molecule has 0 radical (unpaired) electrons. The standard InChI is InChI=1S/C30H39F5N4O6S/c1-28(2)4-6-29(43,7-5-28)25(26(42)38-10-8-30(34,35)9-11-38)46-27-24(44-3)22(23(41)20(15-40)45-27)39-14-19(36-37-39)16-12-17(31)21(33)18(32)13-16/h12-14,20,22-25,27,40-41,43H,4-11,15H2,1-3H3/t20-,22+,23+,24-,25-,27+/m1/s1. The molecule has 2 aliphatic heterocycles. The minimum Gasteiger partial charge on any atom is -0.394 e. The van der Waals surface area contributed by atoms with E-state index < -0.39 is 89.4 Å². The Morgan fingerprint density at radius 1 is 1.11 bits per heavy atom. The van der Waals surface area contributed by atoms with Gasteiger partial charge in [0.15, 0.2) is 17.5 Å². The van der Waals surface area contributed by atoms with Crippen LogP contribution in [0.1, 0.15) is 58.4 Å². The number of likely N-dealkylation sites (tertiary alicyclic amines) is 1. The molecule has 1 aromatic heterocycles. The van der Waals surface area contributed by atoms with E-state index in [1.807, 2.05) is 0 Å². The summed E-state index contributed by atoms with van der Waals surface area (Å²) in [5.74, 6) is -7.92. The summed E-state index contributed by atoms with van der Waals surface area (Å²) in [5.41, 5.74) is -2.86. The Morgan fingerprint density at radius 2 is 1.72 bits per heavy atom. The Labute approximate surface area is 267 Å². The number of halogens is 5. The van der Waals surface area contributed by atoms with Crippen LogP contribution in [0, 0.1) is 22.9 Å². The predicted molar refractivity (Wildman–Crippen MR) is 156 cm³/mol. The maximum Gasteiger partial charge on any atom is 0.251 e. The molecule has 1 saturated carbocycles. The monoisotopic (exact) mass is 678 g/mol. The molecule has 46 heavy (non-hydrogen) atoms. The number of alkyl halides is 2. The summed E-state index contributed by atoms with van der Waals surface area (Å²) in [4.78, 5) is 15.4. The highest BCUT2D eigenvalue weighted by Crippen LogP contribution is 2.48. The summed E-state index contributed by atoms with van der Waals surface area (Å²) in [5, 5.41) is 40.1. The molecule has 2 saturated heterocycles. The third kappa shape index (κ3) is 7.06. The van der Waals surface area contributed by atoms with Crippen LogP contribution in [0.5, 0.6) is 0 Å². The number of benzene rings is 1.